The van der Waals surface area contributed by atoms with E-state index in [4.69, 9.17) is 29.6 Å². The van der Waals surface area contributed by atoms with Gasteiger partial charge in [0, 0.05) is 22.8 Å². The minimum Gasteiger partial charge on any atom is -0.389 e. The van der Waals surface area contributed by atoms with Crippen molar-refractivity contribution >= 4 is 34.5 Å². The standard InChI is InChI=1S/C15H14ClFN2S/c16-11-5-6-14(12(9-11)15(18)20)19-8-7-10-3-1-2-4-13(10)17/h1-6,9,19H,7-8H2,(H2,18,20). The van der Waals surface area contributed by atoms with E-state index in [0.717, 1.165) is 5.69 Å². The lowest BCUT2D eigenvalue weighted by atomic mass is 10.1. The normalized spacial score (nSPS) is 10.3. The molecule has 0 aliphatic rings. The van der Waals surface area contributed by atoms with Crippen LogP contribution in [0, 0.1) is 5.82 Å². The summed E-state index contributed by atoms with van der Waals surface area (Å²) in [4.78, 5) is 0.279. The van der Waals surface area contributed by atoms with Crippen LogP contribution in [0.5, 0.6) is 0 Å². The number of hydrogen-bond donors (Lipinski definition) is 2. The molecule has 0 unspecified atom stereocenters. The average molecular weight is 309 g/mol. The molecule has 0 heterocycles. The molecule has 0 aliphatic carbocycles. The Morgan fingerprint density at radius 2 is 2.00 bits per heavy atom. The predicted molar refractivity (Wildman–Crippen MR) is 85.9 cm³/mol. The second-order valence-corrected chi connectivity index (χ2v) is 5.20. The molecule has 20 heavy (non-hydrogen) atoms. The van der Waals surface area contributed by atoms with Crippen molar-refractivity contribution in [3.63, 3.8) is 0 Å². The van der Waals surface area contributed by atoms with Crippen LogP contribution in [0.15, 0.2) is 42.5 Å². The van der Waals surface area contributed by atoms with Crippen molar-refractivity contribution in [1.29, 1.82) is 0 Å². The molecule has 2 nitrogen and oxygen atoms in total. The SMILES string of the molecule is NC(=S)c1cc(Cl)ccc1NCCc1ccccc1F. The third-order valence-corrected chi connectivity index (χ3v) is 3.37. The molecule has 0 aliphatic heterocycles. The van der Waals surface area contributed by atoms with Crippen LogP contribution in [0.25, 0.3) is 0 Å². The van der Waals surface area contributed by atoms with Crippen LogP contribution in [0.3, 0.4) is 0 Å². The van der Waals surface area contributed by atoms with Crippen molar-refractivity contribution in [2.75, 3.05) is 11.9 Å². The lowest BCUT2D eigenvalue weighted by Gasteiger charge is -2.12. The molecule has 0 fully saturated rings. The van der Waals surface area contributed by atoms with Gasteiger partial charge in [0.2, 0.25) is 0 Å². The molecule has 3 N–H and O–H groups in total. The summed E-state index contributed by atoms with van der Waals surface area (Å²) in [7, 11) is 0. The maximum absolute atomic E-state index is 13.5. The Morgan fingerprint density at radius 3 is 2.70 bits per heavy atom. The van der Waals surface area contributed by atoms with Gasteiger partial charge in [-0.1, -0.05) is 42.0 Å². The highest BCUT2D eigenvalue weighted by Crippen LogP contribution is 2.20. The second-order valence-electron chi connectivity index (χ2n) is 4.32. The van der Waals surface area contributed by atoms with Gasteiger partial charge in [-0.3, -0.25) is 0 Å². The second kappa shape index (κ2) is 6.68. The number of halogens is 2. The predicted octanol–water partition coefficient (Wildman–Crippen LogP) is 3.77. The van der Waals surface area contributed by atoms with Gasteiger partial charge in [0.15, 0.2) is 0 Å². The molecule has 0 spiro atoms. The van der Waals surface area contributed by atoms with E-state index in [9.17, 15) is 4.39 Å². The number of benzene rings is 2. The first-order valence-electron chi connectivity index (χ1n) is 6.14. The molecule has 0 bridgehead atoms. The van der Waals surface area contributed by atoms with Crippen molar-refractivity contribution in [1.82, 2.24) is 0 Å². The van der Waals surface area contributed by atoms with E-state index in [1.807, 2.05) is 12.1 Å². The highest BCUT2D eigenvalue weighted by Gasteiger charge is 2.06. The monoisotopic (exact) mass is 308 g/mol. The molecule has 2 rings (SSSR count). The largest absolute Gasteiger partial charge is 0.389 e. The van der Waals surface area contributed by atoms with Crippen molar-refractivity contribution in [3.8, 4) is 0 Å². The number of thiocarbonyl (C=S) groups is 1. The van der Waals surface area contributed by atoms with Gasteiger partial charge < -0.3 is 11.1 Å². The lowest BCUT2D eigenvalue weighted by molar-refractivity contribution is 0.610. The number of anilines is 1. The average Bonchev–Trinajstić information content (AvgIpc) is 2.42. The fourth-order valence-electron chi connectivity index (χ4n) is 1.91. The molecule has 0 aromatic heterocycles. The molecule has 0 atom stereocenters. The highest BCUT2D eigenvalue weighted by molar-refractivity contribution is 7.80. The zero-order valence-electron chi connectivity index (χ0n) is 10.7. The maximum Gasteiger partial charge on any atom is 0.126 e. The van der Waals surface area contributed by atoms with Crippen molar-refractivity contribution in [3.05, 3.63) is 64.4 Å². The van der Waals surface area contributed by atoms with E-state index in [1.165, 1.54) is 6.07 Å². The number of nitrogens with one attached hydrogen (secondary N) is 1. The number of rotatable bonds is 5. The van der Waals surface area contributed by atoms with E-state index in [2.05, 4.69) is 5.32 Å². The van der Waals surface area contributed by atoms with Crippen LogP contribution in [-0.2, 0) is 6.42 Å². The number of hydrogen-bond acceptors (Lipinski definition) is 2. The van der Waals surface area contributed by atoms with Gasteiger partial charge in [0.05, 0.1) is 0 Å². The smallest absolute Gasteiger partial charge is 0.126 e. The molecule has 5 heteroatoms. The van der Waals surface area contributed by atoms with Crippen LogP contribution < -0.4 is 11.1 Å². The molecular formula is C15H14ClFN2S. The quantitative estimate of drug-likeness (QED) is 0.826. The summed E-state index contributed by atoms with van der Waals surface area (Å²) >= 11 is 10.9. The summed E-state index contributed by atoms with van der Waals surface area (Å²) in [5.41, 5.74) is 7.83. The Morgan fingerprint density at radius 1 is 1.25 bits per heavy atom. The fraction of sp³-hybridized carbons (Fsp3) is 0.133. The zero-order valence-corrected chi connectivity index (χ0v) is 12.3. The first kappa shape index (κ1) is 14.8. The fourth-order valence-corrected chi connectivity index (χ4v) is 2.25. The van der Waals surface area contributed by atoms with E-state index in [-0.39, 0.29) is 10.8 Å². The topological polar surface area (TPSA) is 38.0 Å². The van der Waals surface area contributed by atoms with E-state index < -0.39 is 0 Å². The minimum atomic E-state index is -0.194. The lowest BCUT2D eigenvalue weighted by Crippen LogP contribution is -2.14. The summed E-state index contributed by atoms with van der Waals surface area (Å²) in [6.45, 7) is 0.582. The van der Waals surface area contributed by atoms with E-state index >= 15 is 0 Å². The van der Waals surface area contributed by atoms with Crippen LogP contribution in [0.2, 0.25) is 5.02 Å². The van der Waals surface area contributed by atoms with Crippen LogP contribution >= 0.6 is 23.8 Å². The van der Waals surface area contributed by atoms with E-state index in [0.29, 0.717) is 29.1 Å². The van der Waals surface area contributed by atoms with Crippen LogP contribution in [0.4, 0.5) is 10.1 Å². The Balaban J connectivity index is 2.05. The van der Waals surface area contributed by atoms with Gasteiger partial charge in [-0.25, -0.2) is 4.39 Å². The maximum atomic E-state index is 13.5. The third-order valence-electron chi connectivity index (χ3n) is 2.91. The molecule has 2 aromatic rings. The van der Waals surface area contributed by atoms with Gasteiger partial charge in [0.1, 0.15) is 10.8 Å². The van der Waals surface area contributed by atoms with Gasteiger partial charge in [-0.15, -0.1) is 0 Å². The van der Waals surface area contributed by atoms with Crippen LogP contribution in [-0.4, -0.2) is 11.5 Å². The third kappa shape index (κ3) is 3.68. The van der Waals surface area contributed by atoms with Crippen LogP contribution in [0.1, 0.15) is 11.1 Å². The zero-order chi connectivity index (χ0) is 14.5. The molecule has 0 saturated heterocycles. The van der Waals surface area contributed by atoms with Gasteiger partial charge in [0.25, 0.3) is 0 Å². The van der Waals surface area contributed by atoms with Gasteiger partial charge in [-0.05, 0) is 36.2 Å². The molecule has 2 aromatic carbocycles. The Kier molecular flexibility index (Phi) is 4.93. The molecule has 0 saturated carbocycles. The summed E-state index contributed by atoms with van der Waals surface area (Å²) in [5, 5.41) is 3.78. The Labute approximate surface area is 127 Å². The first-order chi connectivity index (χ1) is 9.58. The Hall–Kier alpha value is -1.65. The van der Waals surface area contributed by atoms with Gasteiger partial charge >= 0.3 is 0 Å². The molecule has 0 radical (unpaired) electrons. The summed E-state index contributed by atoms with van der Waals surface area (Å²) in [5.74, 6) is -0.194. The molecule has 0 amide bonds. The van der Waals surface area contributed by atoms with Crippen molar-refractivity contribution < 1.29 is 4.39 Å². The first-order valence-corrected chi connectivity index (χ1v) is 6.93. The summed E-state index contributed by atoms with van der Waals surface area (Å²) in [6, 6.07) is 12.0. The molecule has 104 valence electrons. The highest BCUT2D eigenvalue weighted by atomic mass is 35.5. The molecular weight excluding hydrogens is 295 g/mol. The number of nitrogens with two attached hydrogens (primary N) is 1. The summed E-state index contributed by atoms with van der Waals surface area (Å²) < 4.78 is 13.5. The van der Waals surface area contributed by atoms with E-state index in [1.54, 1.807) is 24.3 Å². The van der Waals surface area contributed by atoms with Gasteiger partial charge in [-0.2, -0.15) is 0 Å². The Bertz CT molecular complexity index is 631. The minimum absolute atomic E-state index is 0.194. The van der Waals surface area contributed by atoms with Crippen molar-refractivity contribution in [2.24, 2.45) is 5.73 Å². The summed E-state index contributed by atoms with van der Waals surface area (Å²) in [6.07, 6.45) is 0.575. The van der Waals surface area contributed by atoms with Crippen molar-refractivity contribution in [2.45, 2.75) is 6.42 Å².